The molecule has 25 heavy (non-hydrogen) atoms. The zero-order valence-corrected chi connectivity index (χ0v) is 15.1. The minimum absolute atomic E-state index is 0.979. The summed E-state index contributed by atoms with van der Waals surface area (Å²) in [6.07, 6.45) is 0. The highest BCUT2D eigenvalue weighted by molar-refractivity contribution is 9.10. The minimum Gasteiger partial charge on any atom is -0.248 e. The summed E-state index contributed by atoms with van der Waals surface area (Å²) >= 11 is 3.67. The van der Waals surface area contributed by atoms with Gasteiger partial charge < -0.3 is 0 Å². The molecular formula is C23H16BrN. The van der Waals surface area contributed by atoms with Crippen molar-refractivity contribution < 1.29 is 0 Å². The van der Waals surface area contributed by atoms with Crippen LogP contribution in [0.4, 0.5) is 0 Å². The van der Waals surface area contributed by atoms with E-state index in [9.17, 15) is 0 Å². The van der Waals surface area contributed by atoms with Crippen molar-refractivity contribution in [1.82, 2.24) is 4.98 Å². The largest absolute Gasteiger partial charge is 0.248 e. The summed E-state index contributed by atoms with van der Waals surface area (Å²) in [5.74, 6) is 0. The van der Waals surface area contributed by atoms with Gasteiger partial charge in [-0.15, -0.1) is 0 Å². The third-order valence-corrected chi connectivity index (χ3v) is 4.84. The Balaban J connectivity index is 1.94. The molecule has 0 N–H and O–H groups in total. The summed E-state index contributed by atoms with van der Waals surface area (Å²) in [6.45, 7) is 0. The van der Waals surface area contributed by atoms with E-state index >= 15 is 0 Å². The summed E-state index contributed by atoms with van der Waals surface area (Å²) < 4.78 is 1.08. The molecule has 1 nitrogen and oxygen atoms in total. The Hall–Kier alpha value is -2.71. The van der Waals surface area contributed by atoms with Crippen LogP contribution in [0.5, 0.6) is 0 Å². The molecule has 0 aliphatic carbocycles. The molecule has 0 atom stereocenters. The highest BCUT2D eigenvalue weighted by Gasteiger charge is 2.10. The standard InChI is InChI=1S/C23H16BrN/c24-21-14-8-7-13-20(21)19-15-22(17-9-3-1-4-10-17)25-23(16-19)18-11-5-2-6-12-18/h1-16H. The van der Waals surface area contributed by atoms with Crippen LogP contribution in [0.15, 0.2) is 102 Å². The zero-order chi connectivity index (χ0) is 17.1. The maximum Gasteiger partial charge on any atom is 0.0715 e. The third-order valence-electron chi connectivity index (χ3n) is 4.15. The summed E-state index contributed by atoms with van der Waals surface area (Å²) in [6, 6.07) is 33.2. The van der Waals surface area contributed by atoms with E-state index in [2.05, 4.69) is 70.5 Å². The van der Waals surface area contributed by atoms with Crippen LogP contribution >= 0.6 is 15.9 Å². The SMILES string of the molecule is Brc1ccccc1-c1cc(-c2ccccc2)nc(-c2ccccc2)c1. The molecule has 0 spiro atoms. The maximum absolute atomic E-state index is 4.91. The Labute approximate surface area is 156 Å². The van der Waals surface area contributed by atoms with Gasteiger partial charge in [-0.3, -0.25) is 0 Å². The Kier molecular flexibility index (Phi) is 4.45. The molecule has 0 fully saturated rings. The van der Waals surface area contributed by atoms with E-state index in [4.69, 9.17) is 4.98 Å². The Morgan fingerprint density at radius 1 is 0.520 bits per heavy atom. The topological polar surface area (TPSA) is 12.9 Å². The fraction of sp³-hybridized carbons (Fsp3) is 0. The fourth-order valence-electron chi connectivity index (χ4n) is 2.89. The molecule has 0 aliphatic rings. The number of benzene rings is 3. The van der Waals surface area contributed by atoms with Gasteiger partial charge in [0.05, 0.1) is 11.4 Å². The molecular weight excluding hydrogens is 370 g/mol. The lowest BCUT2D eigenvalue weighted by Gasteiger charge is -2.11. The van der Waals surface area contributed by atoms with Gasteiger partial charge in [0.25, 0.3) is 0 Å². The fourth-order valence-corrected chi connectivity index (χ4v) is 3.41. The molecule has 0 radical (unpaired) electrons. The second-order valence-electron chi connectivity index (χ2n) is 5.84. The van der Waals surface area contributed by atoms with Gasteiger partial charge in [0, 0.05) is 15.6 Å². The average Bonchev–Trinajstić information content (AvgIpc) is 2.69. The summed E-state index contributed by atoms with van der Waals surface area (Å²) in [7, 11) is 0. The lowest BCUT2D eigenvalue weighted by atomic mass is 10.00. The van der Waals surface area contributed by atoms with E-state index in [-0.39, 0.29) is 0 Å². The van der Waals surface area contributed by atoms with Crippen LogP contribution in [0.2, 0.25) is 0 Å². The first kappa shape index (κ1) is 15.8. The zero-order valence-electron chi connectivity index (χ0n) is 13.6. The van der Waals surface area contributed by atoms with Crippen LogP contribution in [-0.2, 0) is 0 Å². The quantitative estimate of drug-likeness (QED) is 0.375. The molecule has 0 saturated carbocycles. The van der Waals surface area contributed by atoms with Gasteiger partial charge >= 0.3 is 0 Å². The number of nitrogens with zero attached hydrogens (tertiary/aromatic N) is 1. The van der Waals surface area contributed by atoms with Crippen LogP contribution in [0.25, 0.3) is 33.6 Å². The van der Waals surface area contributed by atoms with Crippen molar-refractivity contribution in [3.63, 3.8) is 0 Å². The Bertz CT molecular complexity index is 937. The molecule has 4 aromatic rings. The molecule has 1 heterocycles. The first-order chi connectivity index (χ1) is 12.3. The highest BCUT2D eigenvalue weighted by Crippen LogP contribution is 2.33. The molecule has 0 saturated heterocycles. The van der Waals surface area contributed by atoms with Crippen molar-refractivity contribution in [2.24, 2.45) is 0 Å². The minimum atomic E-state index is 0.979. The number of hydrogen-bond acceptors (Lipinski definition) is 1. The van der Waals surface area contributed by atoms with Gasteiger partial charge in [0.1, 0.15) is 0 Å². The predicted octanol–water partition coefficient (Wildman–Crippen LogP) is 6.85. The Morgan fingerprint density at radius 2 is 1.00 bits per heavy atom. The van der Waals surface area contributed by atoms with Crippen molar-refractivity contribution in [3.8, 4) is 33.6 Å². The molecule has 0 amide bonds. The smallest absolute Gasteiger partial charge is 0.0715 e. The number of aromatic nitrogens is 1. The highest BCUT2D eigenvalue weighted by atomic mass is 79.9. The molecule has 2 heteroatoms. The van der Waals surface area contributed by atoms with Crippen LogP contribution < -0.4 is 0 Å². The van der Waals surface area contributed by atoms with Crippen LogP contribution in [-0.4, -0.2) is 4.98 Å². The van der Waals surface area contributed by atoms with E-state index in [1.54, 1.807) is 0 Å². The van der Waals surface area contributed by atoms with Gasteiger partial charge in [-0.25, -0.2) is 4.98 Å². The summed E-state index contributed by atoms with van der Waals surface area (Å²) in [5.41, 5.74) is 6.52. The second kappa shape index (κ2) is 7.04. The van der Waals surface area contributed by atoms with Gasteiger partial charge in [0.2, 0.25) is 0 Å². The van der Waals surface area contributed by atoms with Crippen molar-refractivity contribution >= 4 is 15.9 Å². The van der Waals surface area contributed by atoms with Crippen molar-refractivity contribution in [2.45, 2.75) is 0 Å². The van der Waals surface area contributed by atoms with E-state index in [0.717, 1.165) is 32.6 Å². The van der Waals surface area contributed by atoms with E-state index in [0.29, 0.717) is 0 Å². The first-order valence-corrected chi connectivity index (χ1v) is 8.98. The van der Waals surface area contributed by atoms with E-state index in [1.165, 1.54) is 5.56 Å². The number of hydrogen-bond donors (Lipinski definition) is 0. The molecule has 0 unspecified atom stereocenters. The molecule has 3 aromatic carbocycles. The number of rotatable bonds is 3. The monoisotopic (exact) mass is 385 g/mol. The van der Waals surface area contributed by atoms with E-state index in [1.807, 2.05) is 42.5 Å². The van der Waals surface area contributed by atoms with Crippen LogP contribution in [0.1, 0.15) is 0 Å². The maximum atomic E-state index is 4.91. The van der Waals surface area contributed by atoms with Crippen LogP contribution in [0, 0.1) is 0 Å². The molecule has 0 bridgehead atoms. The van der Waals surface area contributed by atoms with Crippen molar-refractivity contribution in [2.75, 3.05) is 0 Å². The number of pyridine rings is 1. The van der Waals surface area contributed by atoms with Crippen molar-refractivity contribution in [1.29, 1.82) is 0 Å². The van der Waals surface area contributed by atoms with Crippen molar-refractivity contribution in [3.05, 3.63) is 102 Å². The molecule has 4 rings (SSSR count). The predicted molar refractivity (Wildman–Crippen MR) is 108 cm³/mol. The average molecular weight is 386 g/mol. The molecule has 120 valence electrons. The van der Waals surface area contributed by atoms with E-state index < -0.39 is 0 Å². The van der Waals surface area contributed by atoms with Crippen LogP contribution in [0.3, 0.4) is 0 Å². The van der Waals surface area contributed by atoms with Gasteiger partial charge in [-0.1, -0.05) is 94.8 Å². The summed E-state index contributed by atoms with van der Waals surface area (Å²) in [5, 5.41) is 0. The van der Waals surface area contributed by atoms with Gasteiger partial charge in [0.15, 0.2) is 0 Å². The lowest BCUT2D eigenvalue weighted by Crippen LogP contribution is -1.91. The Morgan fingerprint density at radius 3 is 1.52 bits per heavy atom. The summed E-state index contributed by atoms with van der Waals surface area (Å²) in [4.78, 5) is 4.91. The van der Waals surface area contributed by atoms with Gasteiger partial charge in [-0.05, 0) is 29.3 Å². The van der Waals surface area contributed by atoms with Gasteiger partial charge in [-0.2, -0.15) is 0 Å². The normalized spacial score (nSPS) is 10.6. The molecule has 1 aromatic heterocycles. The lowest BCUT2D eigenvalue weighted by molar-refractivity contribution is 1.32. The first-order valence-electron chi connectivity index (χ1n) is 8.19. The second-order valence-corrected chi connectivity index (χ2v) is 6.69. The molecule has 0 aliphatic heterocycles. The number of halogens is 1. The third kappa shape index (κ3) is 3.40.